The van der Waals surface area contributed by atoms with E-state index in [-0.39, 0.29) is 19.1 Å². The molecule has 1 aliphatic rings. The molecule has 0 bridgehead atoms. The van der Waals surface area contributed by atoms with E-state index in [0.29, 0.717) is 6.54 Å². The molecule has 6 heteroatoms. The van der Waals surface area contributed by atoms with Crippen molar-refractivity contribution in [3.8, 4) is 0 Å². The second-order valence-electron chi connectivity index (χ2n) is 3.93. The molecule has 2 atom stereocenters. The largest absolute Gasteiger partial charge is 0.522 e. The van der Waals surface area contributed by atoms with Gasteiger partial charge in [0.15, 0.2) is 0 Å². The lowest BCUT2D eigenvalue weighted by Crippen LogP contribution is -2.44. The van der Waals surface area contributed by atoms with Crippen molar-refractivity contribution in [2.75, 3.05) is 26.2 Å². The summed E-state index contributed by atoms with van der Waals surface area (Å²) < 4.78 is 38.6. The van der Waals surface area contributed by atoms with Gasteiger partial charge in [0.1, 0.15) is 0 Å². The van der Waals surface area contributed by atoms with Crippen LogP contribution in [-0.2, 0) is 4.74 Å². The lowest BCUT2D eigenvalue weighted by atomic mass is 9.96. The molecule has 1 aliphatic heterocycles. The van der Waals surface area contributed by atoms with Crippen molar-refractivity contribution in [3.63, 3.8) is 0 Å². The van der Waals surface area contributed by atoms with E-state index in [4.69, 9.17) is 0 Å². The third kappa shape index (κ3) is 4.81. The molecule has 15 heavy (non-hydrogen) atoms. The van der Waals surface area contributed by atoms with Gasteiger partial charge in [0.05, 0.1) is 12.7 Å². The van der Waals surface area contributed by atoms with Gasteiger partial charge < -0.3 is 5.11 Å². The fraction of sp³-hybridized carbons (Fsp3) is 1.00. The monoisotopic (exact) mass is 227 g/mol. The Morgan fingerprint density at radius 2 is 2.13 bits per heavy atom. The molecule has 0 spiro atoms. The van der Waals surface area contributed by atoms with E-state index in [1.165, 1.54) is 0 Å². The predicted octanol–water partition coefficient (Wildman–Crippen LogP) is 1.23. The first kappa shape index (κ1) is 12.7. The zero-order chi connectivity index (χ0) is 11.5. The zero-order valence-corrected chi connectivity index (χ0v) is 8.63. The van der Waals surface area contributed by atoms with E-state index in [2.05, 4.69) is 4.74 Å². The molecule has 0 aliphatic carbocycles. The number of halogens is 3. The number of piperidine rings is 1. The number of ether oxygens (including phenoxy) is 1. The molecule has 0 saturated carbocycles. The van der Waals surface area contributed by atoms with Gasteiger partial charge >= 0.3 is 6.36 Å². The maximum absolute atomic E-state index is 11.7. The summed E-state index contributed by atoms with van der Waals surface area (Å²) in [6.07, 6.45) is -4.18. The van der Waals surface area contributed by atoms with E-state index in [1.54, 1.807) is 4.90 Å². The Morgan fingerprint density at radius 1 is 1.47 bits per heavy atom. The first-order chi connectivity index (χ1) is 6.88. The number of nitrogens with zero attached hydrogens (tertiary/aromatic N) is 1. The second-order valence-corrected chi connectivity index (χ2v) is 3.93. The van der Waals surface area contributed by atoms with Gasteiger partial charge in [-0.1, -0.05) is 6.92 Å². The highest BCUT2D eigenvalue weighted by Crippen LogP contribution is 2.18. The van der Waals surface area contributed by atoms with Crippen molar-refractivity contribution in [3.05, 3.63) is 0 Å². The van der Waals surface area contributed by atoms with Crippen molar-refractivity contribution in [1.29, 1.82) is 0 Å². The van der Waals surface area contributed by atoms with Gasteiger partial charge in [0.2, 0.25) is 0 Å². The minimum absolute atomic E-state index is 0.212. The highest BCUT2D eigenvalue weighted by atomic mass is 19.4. The van der Waals surface area contributed by atoms with E-state index >= 15 is 0 Å². The molecule has 0 radical (unpaired) electrons. The third-order valence-electron chi connectivity index (χ3n) is 2.68. The van der Waals surface area contributed by atoms with Crippen LogP contribution in [0.15, 0.2) is 0 Å². The van der Waals surface area contributed by atoms with Crippen LogP contribution >= 0.6 is 0 Å². The number of hydrogen-bond acceptors (Lipinski definition) is 3. The van der Waals surface area contributed by atoms with E-state index < -0.39 is 12.5 Å². The van der Waals surface area contributed by atoms with Crippen LogP contribution in [0.3, 0.4) is 0 Å². The molecule has 1 fully saturated rings. The van der Waals surface area contributed by atoms with Crippen LogP contribution in [0.4, 0.5) is 13.2 Å². The summed E-state index contributed by atoms with van der Waals surface area (Å²) in [6, 6.07) is 0. The molecule has 0 aromatic heterocycles. The Balaban J connectivity index is 2.17. The highest BCUT2D eigenvalue weighted by molar-refractivity contribution is 4.76. The van der Waals surface area contributed by atoms with Crippen molar-refractivity contribution in [2.24, 2.45) is 5.92 Å². The van der Waals surface area contributed by atoms with Gasteiger partial charge in [0, 0.05) is 13.1 Å². The van der Waals surface area contributed by atoms with Gasteiger partial charge in [-0.2, -0.15) is 0 Å². The number of rotatable bonds is 3. The Bertz CT molecular complexity index is 198. The summed E-state index contributed by atoms with van der Waals surface area (Å²) in [6.45, 7) is 2.93. The van der Waals surface area contributed by atoms with Crippen LogP contribution < -0.4 is 0 Å². The summed E-state index contributed by atoms with van der Waals surface area (Å²) in [4.78, 5) is 1.79. The van der Waals surface area contributed by atoms with Gasteiger partial charge in [0.25, 0.3) is 0 Å². The molecular formula is C9H16F3NO2. The summed E-state index contributed by atoms with van der Waals surface area (Å²) >= 11 is 0. The van der Waals surface area contributed by atoms with Gasteiger partial charge in [-0.05, 0) is 18.9 Å². The van der Waals surface area contributed by atoms with Gasteiger partial charge in [-0.3, -0.25) is 9.64 Å². The molecule has 0 aromatic carbocycles. The lowest BCUT2D eigenvalue weighted by molar-refractivity contribution is -0.325. The Labute approximate surface area is 86.8 Å². The fourth-order valence-corrected chi connectivity index (χ4v) is 1.61. The van der Waals surface area contributed by atoms with Crippen LogP contribution in [0.2, 0.25) is 0 Å². The number of hydrogen-bond donors (Lipinski definition) is 1. The first-order valence-electron chi connectivity index (χ1n) is 4.99. The van der Waals surface area contributed by atoms with E-state index in [0.717, 1.165) is 13.0 Å². The lowest BCUT2D eigenvalue weighted by Gasteiger charge is -2.34. The molecule has 3 nitrogen and oxygen atoms in total. The maximum atomic E-state index is 11.7. The molecule has 0 amide bonds. The maximum Gasteiger partial charge on any atom is 0.522 e. The van der Waals surface area contributed by atoms with Crippen LogP contribution in [0, 0.1) is 5.92 Å². The van der Waals surface area contributed by atoms with Crippen molar-refractivity contribution in [1.82, 2.24) is 4.90 Å². The Hall–Kier alpha value is -0.330. The molecule has 0 aromatic rings. The Kier molecular flexibility index (Phi) is 4.36. The van der Waals surface area contributed by atoms with Crippen LogP contribution in [-0.4, -0.2) is 48.7 Å². The van der Waals surface area contributed by atoms with Crippen LogP contribution in [0.25, 0.3) is 0 Å². The summed E-state index contributed by atoms with van der Waals surface area (Å²) in [7, 11) is 0. The molecule has 2 unspecified atom stereocenters. The van der Waals surface area contributed by atoms with Crippen molar-refractivity contribution >= 4 is 0 Å². The van der Waals surface area contributed by atoms with E-state index in [1.807, 2.05) is 6.92 Å². The van der Waals surface area contributed by atoms with Gasteiger partial charge in [-0.15, -0.1) is 13.2 Å². The smallest absolute Gasteiger partial charge is 0.392 e. The molecule has 1 rings (SSSR count). The number of aliphatic hydroxyl groups is 1. The Morgan fingerprint density at radius 3 is 2.67 bits per heavy atom. The number of aliphatic hydroxyl groups excluding tert-OH is 1. The minimum atomic E-state index is -4.55. The number of likely N-dealkylation sites (tertiary alicyclic amines) is 1. The minimum Gasteiger partial charge on any atom is -0.392 e. The molecular weight excluding hydrogens is 211 g/mol. The fourth-order valence-electron chi connectivity index (χ4n) is 1.61. The van der Waals surface area contributed by atoms with E-state index in [9.17, 15) is 18.3 Å². The highest BCUT2D eigenvalue weighted by Gasteiger charge is 2.30. The first-order valence-corrected chi connectivity index (χ1v) is 4.99. The SMILES string of the molecule is CC1CCN(CCOC(F)(F)F)CC1O. The standard InChI is InChI=1S/C9H16F3NO2/c1-7-2-3-13(6-8(7)14)4-5-15-9(10,11)12/h7-8,14H,2-6H2,1H3. The topological polar surface area (TPSA) is 32.7 Å². The second kappa shape index (κ2) is 5.14. The summed E-state index contributed by atoms with van der Waals surface area (Å²) in [5.74, 6) is 0.227. The van der Waals surface area contributed by atoms with Crippen molar-refractivity contribution in [2.45, 2.75) is 25.8 Å². The summed E-state index contributed by atoms with van der Waals surface area (Å²) in [5.41, 5.74) is 0. The molecule has 1 saturated heterocycles. The predicted molar refractivity (Wildman–Crippen MR) is 48.2 cm³/mol. The average Bonchev–Trinajstić information content (AvgIpc) is 2.09. The van der Waals surface area contributed by atoms with Crippen LogP contribution in [0.1, 0.15) is 13.3 Å². The number of β-amino-alcohol motifs (C(OH)–C–C–N with tert-alkyl or cyclic N) is 1. The molecule has 1 N–H and O–H groups in total. The molecule has 90 valence electrons. The van der Waals surface area contributed by atoms with Gasteiger partial charge in [-0.25, -0.2) is 0 Å². The quantitative estimate of drug-likeness (QED) is 0.787. The average molecular weight is 227 g/mol. The number of alkyl halides is 3. The van der Waals surface area contributed by atoms with Crippen molar-refractivity contribution < 1.29 is 23.0 Å². The molecule has 1 heterocycles. The normalized spacial score (nSPS) is 29.4. The summed E-state index contributed by atoms with van der Waals surface area (Å²) in [5, 5.41) is 9.50. The third-order valence-corrected chi connectivity index (χ3v) is 2.68. The van der Waals surface area contributed by atoms with Crippen LogP contribution in [0.5, 0.6) is 0 Å². The zero-order valence-electron chi connectivity index (χ0n) is 8.63.